The third-order valence-electron chi connectivity index (χ3n) is 4.91. The third kappa shape index (κ3) is 5.68. The Balaban J connectivity index is 0.000000239. The Bertz CT molecular complexity index is 1000. The van der Waals surface area contributed by atoms with Crippen LogP contribution in [0.2, 0.25) is 0 Å². The molecule has 1 heterocycles. The third-order valence-corrected chi connectivity index (χ3v) is 5.41. The highest BCUT2D eigenvalue weighted by molar-refractivity contribution is 9.10. The van der Waals surface area contributed by atoms with Gasteiger partial charge in [0.2, 0.25) is 0 Å². The van der Waals surface area contributed by atoms with Crippen molar-refractivity contribution < 1.29 is 22.7 Å². The number of likely N-dealkylation sites (tertiary alicyclic amines) is 1. The van der Waals surface area contributed by atoms with Crippen LogP contribution in [0.3, 0.4) is 0 Å². The molecule has 30 heavy (non-hydrogen) atoms. The molecule has 1 atom stereocenters. The second kappa shape index (κ2) is 9.73. The quantitative estimate of drug-likeness (QED) is 0.378. The average molecular weight is 482 g/mol. The van der Waals surface area contributed by atoms with Crippen LogP contribution < -0.4 is 0 Å². The van der Waals surface area contributed by atoms with Crippen LogP contribution in [-0.4, -0.2) is 23.1 Å². The summed E-state index contributed by atoms with van der Waals surface area (Å²) in [7, 11) is 0. The molecule has 0 amide bonds. The van der Waals surface area contributed by atoms with Gasteiger partial charge in [-0.2, -0.15) is 0 Å². The van der Waals surface area contributed by atoms with Crippen molar-refractivity contribution in [2.45, 2.75) is 18.6 Å². The molecule has 1 fully saturated rings. The molecule has 1 aliphatic rings. The van der Waals surface area contributed by atoms with Crippen LogP contribution in [0.1, 0.15) is 17.5 Å². The monoisotopic (exact) mass is 481 g/mol. The van der Waals surface area contributed by atoms with Gasteiger partial charge >= 0.3 is 0 Å². The van der Waals surface area contributed by atoms with Crippen LogP contribution in [0.15, 0.2) is 71.2 Å². The lowest BCUT2D eigenvalue weighted by atomic mass is 9.93. The summed E-state index contributed by atoms with van der Waals surface area (Å²) in [5.74, 6) is -3.45. The van der Waals surface area contributed by atoms with Crippen molar-refractivity contribution in [3.8, 4) is 0 Å². The molecule has 7 heteroatoms. The van der Waals surface area contributed by atoms with Crippen LogP contribution >= 0.6 is 15.9 Å². The predicted octanol–water partition coefficient (Wildman–Crippen LogP) is 5.79. The number of hydrogen-bond donors (Lipinski definition) is 1. The molecule has 0 saturated carbocycles. The van der Waals surface area contributed by atoms with Gasteiger partial charge in [0.05, 0.1) is 0 Å². The highest BCUT2D eigenvalue weighted by Crippen LogP contribution is 2.33. The number of benzene rings is 3. The minimum Gasteiger partial charge on any atom is -0.384 e. The SMILES string of the molecule is Fc1ccc(Br)cc1F.OC1(c2ccc(F)c(F)c2)CCN(Cc2ccccc2)C1. The number of rotatable bonds is 3. The van der Waals surface area contributed by atoms with E-state index in [0.29, 0.717) is 23.0 Å². The molecule has 158 valence electrons. The lowest BCUT2D eigenvalue weighted by Gasteiger charge is -2.24. The first kappa shape index (κ1) is 22.5. The van der Waals surface area contributed by atoms with Gasteiger partial charge < -0.3 is 5.11 Å². The zero-order valence-electron chi connectivity index (χ0n) is 16.0. The van der Waals surface area contributed by atoms with Gasteiger partial charge in [-0.3, -0.25) is 4.90 Å². The second-order valence-electron chi connectivity index (χ2n) is 7.17. The van der Waals surface area contributed by atoms with Gasteiger partial charge in [0.1, 0.15) is 5.60 Å². The Morgan fingerprint density at radius 1 is 0.833 bits per heavy atom. The first-order valence-electron chi connectivity index (χ1n) is 9.31. The number of aliphatic hydroxyl groups is 1. The van der Waals surface area contributed by atoms with Crippen molar-refractivity contribution in [3.05, 3.63) is 106 Å². The van der Waals surface area contributed by atoms with Crippen molar-refractivity contribution in [2.75, 3.05) is 13.1 Å². The van der Waals surface area contributed by atoms with Crippen molar-refractivity contribution in [1.29, 1.82) is 0 Å². The van der Waals surface area contributed by atoms with Crippen LogP contribution in [0.4, 0.5) is 17.6 Å². The molecular formula is C23H20BrF4NO. The lowest BCUT2D eigenvalue weighted by molar-refractivity contribution is 0.0449. The van der Waals surface area contributed by atoms with E-state index in [9.17, 15) is 22.7 Å². The molecular weight excluding hydrogens is 462 g/mol. The topological polar surface area (TPSA) is 23.5 Å². The van der Waals surface area contributed by atoms with Gasteiger partial charge in [-0.25, -0.2) is 17.6 Å². The van der Waals surface area contributed by atoms with E-state index in [0.717, 1.165) is 37.4 Å². The van der Waals surface area contributed by atoms with Crippen LogP contribution in [0.25, 0.3) is 0 Å². The van der Waals surface area contributed by atoms with Crippen LogP contribution in [0.5, 0.6) is 0 Å². The van der Waals surface area contributed by atoms with Crippen LogP contribution in [0, 0.1) is 23.3 Å². The van der Waals surface area contributed by atoms with Gasteiger partial charge in [0, 0.05) is 24.1 Å². The summed E-state index contributed by atoms with van der Waals surface area (Å²) in [6, 6.07) is 17.2. The number of hydrogen-bond acceptors (Lipinski definition) is 2. The molecule has 2 nitrogen and oxygen atoms in total. The average Bonchev–Trinajstić information content (AvgIpc) is 3.10. The van der Waals surface area contributed by atoms with Gasteiger partial charge in [-0.15, -0.1) is 0 Å². The highest BCUT2D eigenvalue weighted by Gasteiger charge is 2.37. The van der Waals surface area contributed by atoms with E-state index in [2.05, 4.69) is 20.8 Å². The van der Waals surface area contributed by atoms with E-state index in [1.165, 1.54) is 17.7 Å². The first-order chi connectivity index (χ1) is 14.3. The van der Waals surface area contributed by atoms with E-state index >= 15 is 0 Å². The molecule has 3 aromatic rings. The molecule has 1 unspecified atom stereocenters. The molecule has 1 aliphatic heterocycles. The zero-order chi connectivity index (χ0) is 21.7. The number of halogens is 5. The largest absolute Gasteiger partial charge is 0.384 e. The summed E-state index contributed by atoms with van der Waals surface area (Å²) in [5, 5.41) is 10.7. The van der Waals surface area contributed by atoms with Crippen molar-refractivity contribution in [1.82, 2.24) is 4.90 Å². The van der Waals surface area contributed by atoms with Gasteiger partial charge in [-0.1, -0.05) is 52.3 Å². The van der Waals surface area contributed by atoms with Crippen LogP contribution in [-0.2, 0) is 12.1 Å². The maximum atomic E-state index is 13.3. The molecule has 0 aliphatic carbocycles. The summed E-state index contributed by atoms with van der Waals surface area (Å²) < 4.78 is 51.2. The summed E-state index contributed by atoms with van der Waals surface area (Å²) in [6.07, 6.45) is 0.519. The molecule has 0 radical (unpaired) electrons. The zero-order valence-corrected chi connectivity index (χ0v) is 17.5. The molecule has 1 N–H and O–H groups in total. The van der Waals surface area contributed by atoms with E-state index in [-0.39, 0.29) is 0 Å². The van der Waals surface area contributed by atoms with E-state index < -0.39 is 28.9 Å². The first-order valence-corrected chi connectivity index (χ1v) is 10.1. The Hall–Kier alpha value is -2.22. The molecule has 0 spiro atoms. The number of nitrogens with zero attached hydrogens (tertiary/aromatic N) is 1. The normalized spacial score (nSPS) is 18.7. The Morgan fingerprint density at radius 2 is 1.47 bits per heavy atom. The Kier molecular flexibility index (Phi) is 7.28. The summed E-state index contributed by atoms with van der Waals surface area (Å²) in [4.78, 5) is 2.12. The van der Waals surface area contributed by atoms with Crippen molar-refractivity contribution >= 4 is 15.9 Å². The van der Waals surface area contributed by atoms with Gasteiger partial charge in [0.15, 0.2) is 23.3 Å². The van der Waals surface area contributed by atoms with Crippen molar-refractivity contribution in [3.63, 3.8) is 0 Å². The van der Waals surface area contributed by atoms with Gasteiger partial charge in [-0.05, 0) is 47.9 Å². The second-order valence-corrected chi connectivity index (χ2v) is 8.08. The van der Waals surface area contributed by atoms with Gasteiger partial charge in [0.25, 0.3) is 0 Å². The smallest absolute Gasteiger partial charge is 0.159 e. The lowest BCUT2D eigenvalue weighted by Crippen LogP contribution is -2.30. The Labute approximate surface area is 180 Å². The number of β-amino-alcohol motifs (C(OH)–C–C–N with tert-alkyl or cyclic N) is 1. The predicted molar refractivity (Wildman–Crippen MR) is 111 cm³/mol. The van der Waals surface area contributed by atoms with Crippen molar-refractivity contribution in [2.24, 2.45) is 0 Å². The molecule has 4 rings (SSSR count). The molecule has 1 saturated heterocycles. The molecule has 0 bridgehead atoms. The fourth-order valence-electron chi connectivity index (χ4n) is 3.34. The highest BCUT2D eigenvalue weighted by atomic mass is 79.9. The van der Waals surface area contributed by atoms with E-state index in [1.54, 1.807) is 0 Å². The minimum absolute atomic E-state index is 0.424. The van der Waals surface area contributed by atoms with E-state index in [4.69, 9.17) is 0 Å². The standard InChI is InChI=1S/C17H17F2NO.C6H3BrF2/c18-15-7-6-14(10-16(15)19)17(21)8-9-20(12-17)11-13-4-2-1-3-5-13;7-4-1-2-5(8)6(9)3-4/h1-7,10,21H,8-9,11-12H2;1-3H. The van der Waals surface area contributed by atoms with E-state index in [1.807, 2.05) is 30.3 Å². The fourth-order valence-corrected chi connectivity index (χ4v) is 3.67. The molecule has 0 aromatic heterocycles. The Morgan fingerprint density at radius 3 is 2.07 bits per heavy atom. The maximum absolute atomic E-state index is 13.3. The minimum atomic E-state index is -1.11. The maximum Gasteiger partial charge on any atom is 0.159 e. The summed E-state index contributed by atoms with van der Waals surface area (Å²) in [5.41, 5.74) is 0.507. The summed E-state index contributed by atoms with van der Waals surface area (Å²) >= 11 is 2.99. The molecule has 3 aromatic carbocycles. The fraction of sp³-hybridized carbons (Fsp3) is 0.217. The summed E-state index contributed by atoms with van der Waals surface area (Å²) in [6.45, 7) is 1.89.